The minimum Gasteiger partial charge on any atom is -0.497 e. The van der Waals surface area contributed by atoms with E-state index in [0.29, 0.717) is 41.1 Å². The molecule has 0 unspecified atom stereocenters. The van der Waals surface area contributed by atoms with Gasteiger partial charge in [0.1, 0.15) is 11.5 Å². The maximum atomic E-state index is 12.6. The third kappa shape index (κ3) is 6.50. The van der Waals surface area contributed by atoms with Crippen LogP contribution in [0.3, 0.4) is 0 Å². The van der Waals surface area contributed by atoms with Crippen LogP contribution in [0.2, 0.25) is 0 Å². The van der Waals surface area contributed by atoms with Gasteiger partial charge < -0.3 is 24.7 Å². The van der Waals surface area contributed by atoms with Gasteiger partial charge in [-0.15, -0.1) is 10.2 Å². The zero-order valence-electron chi connectivity index (χ0n) is 19.7. The van der Waals surface area contributed by atoms with Crippen LogP contribution in [0.15, 0.2) is 53.7 Å². The number of hydrogen-bond acceptors (Lipinski definition) is 7. The van der Waals surface area contributed by atoms with Crippen LogP contribution in [0.5, 0.6) is 11.5 Å². The lowest BCUT2D eigenvalue weighted by atomic mass is 10.2. The van der Waals surface area contributed by atoms with Gasteiger partial charge in [-0.3, -0.25) is 9.59 Å². The summed E-state index contributed by atoms with van der Waals surface area (Å²) in [6, 6.07) is 13.7. The molecule has 10 heteroatoms. The van der Waals surface area contributed by atoms with Crippen molar-refractivity contribution in [1.29, 1.82) is 0 Å². The third-order valence-electron chi connectivity index (χ3n) is 4.93. The summed E-state index contributed by atoms with van der Waals surface area (Å²) < 4.78 is 12.4. The fraction of sp³-hybridized carbons (Fsp3) is 0.333. The molecule has 0 aliphatic heterocycles. The van der Waals surface area contributed by atoms with Crippen LogP contribution >= 0.6 is 11.8 Å². The number of hydrogen-bond donors (Lipinski definition) is 2. The van der Waals surface area contributed by atoms with Gasteiger partial charge in [0, 0.05) is 17.8 Å². The van der Waals surface area contributed by atoms with Crippen LogP contribution in [0, 0.1) is 0 Å². The lowest BCUT2D eigenvalue weighted by Gasteiger charge is -2.15. The molecule has 2 aromatic carbocycles. The van der Waals surface area contributed by atoms with Crippen LogP contribution in [0.1, 0.15) is 43.0 Å². The van der Waals surface area contributed by atoms with Crippen molar-refractivity contribution in [3.05, 3.63) is 59.9 Å². The molecule has 34 heavy (non-hydrogen) atoms. The molecule has 3 rings (SSSR count). The number of nitrogens with one attached hydrogen (secondary N) is 2. The van der Waals surface area contributed by atoms with Crippen LogP contribution in [0.4, 0.5) is 5.69 Å². The van der Waals surface area contributed by atoms with Crippen molar-refractivity contribution in [3.63, 3.8) is 0 Å². The van der Waals surface area contributed by atoms with Crippen molar-refractivity contribution in [2.75, 3.05) is 24.8 Å². The molecule has 2 amide bonds. The number of rotatable bonds is 11. The SMILES string of the molecule is CCOc1ccc(NC(=O)CSc2nnc([C@H](C)NC(=O)c3ccc(OC)cc3)n2CC)cc1. The van der Waals surface area contributed by atoms with E-state index in [2.05, 4.69) is 20.8 Å². The molecule has 0 saturated heterocycles. The van der Waals surface area contributed by atoms with Crippen molar-refractivity contribution in [2.24, 2.45) is 0 Å². The van der Waals surface area contributed by atoms with Gasteiger partial charge in [-0.05, 0) is 69.3 Å². The van der Waals surface area contributed by atoms with E-state index in [-0.39, 0.29) is 23.6 Å². The van der Waals surface area contributed by atoms with E-state index in [4.69, 9.17) is 9.47 Å². The maximum Gasteiger partial charge on any atom is 0.251 e. The summed E-state index contributed by atoms with van der Waals surface area (Å²) in [7, 11) is 1.58. The molecule has 9 nitrogen and oxygen atoms in total. The quantitative estimate of drug-likeness (QED) is 0.398. The van der Waals surface area contributed by atoms with Crippen LogP contribution in [-0.4, -0.2) is 46.0 Å². The van der Waals surface area contributed by atoms with Gasteiger partial charge in [-0.25, -0.2) is 0 Å². The van der Waals surface area contributed by atoms with Crippen molar-refractivity contribution < 1.29 is 19.1 Å². The van der Waals surface area contributed by atoms with Gasteiger partial charge in [0.05, 0.1) is 25.5 Å². The average molecular weight is 484 g/mol. The molecule has 1 aromatic heterocycles. The number of anilines is 1. The van der Waals surface area contributed by atoms with Crippen molar-refractivity contribution >= 4 is 29.3 Å². The average Bonchev–Trinajstić information content (AvgIpc) is 3.27. The Morgan fingerprint density at radius 2 is 1.71 bits per heavy atom. The lowest BCUT2D eigenvalue weighted by Crippen LogP contribution is -2.28. The first kappa shape index (κ1) is 25.1. The molecule has 1 atom stereocenters. The number of thioether (sulfide) groups is 1. The molecule has 0 spiro atoms. The summed E-state index contributed by atoms with van der Waals surface area (Å²) in [5, 5.41) is 14.9. The van der Waals surface area contributed by atoms with Crippen LogP contribution in [0.25, 0.3) is 0 Å². The highest BCUT2D eigenvalue weighted by atomic mass is 32.2. The molecule has 1 heterocycles. The first-order valence-corrected chi connectivity index (χ1v) is 12.0. The summed E-state index contributed by atoms with van der Waals surface area (Å²) in [5.41, 5.74) is 1.22. The van der Waals surface area contributed by atoms with Crippen LogP contribution < -0.4 is 20.1 Å². The predicted octanol–water partition coefficient (Wildman–Crippen LogP) is 3.93. The minimum atomic E-state index is -0.367. The van der Waals surface area contributed by atoms with E-state index in [1.165, 1.54) is 11.8 Å². The van der Waals surface area contributed by atoms with Gasteiger partial charge in [0.25, 0.3) is 5.91 Å². The normalized spacial score (nSPS) is 11.5. The van der Waals surface area contributed by atoms with Gasteiger partial charge in [0.2, 0.25) is 5.91 Å². The first-order valence-electron chi connectivity index (χ1n) is 11.0. The first-order chi connectivity index (χ1) is 16.4. The summed E-state index contributed by atoms with van der Waals surface area (Å²) in [6.07, 6.45) is 0. The maximum absolute atomic E-state index is 12.6. The fourth-order valence-electron chi connectivity index (χ4n) is 3.24. The molecule has 0 saturated carbocycles. The van der Waals surface area contributed by atoms with Crippen molar-refractivity contribution in [2.45, 2.75) is 38.5 Å². The van der Waals surface area contributed by atoms with E-state index in [1.807, 2.05) is 37.5 Å². The molecular weight excluding hydrogens is 454 g/mol. The highest BCUT2D eigenvalue weighted by Gasteiger charge is 2.20. The standard InChI is InChI=1S/C24H29N5O4S/c1-5-29-22(16(3)25-23(31)17-7-11-19(32-4)12-8-17)27-28-24(29)34-15-21(30)26-18-9-13-20(14-10-18)33-6-2/h7-14,16H,5-6,15H2,1-4H3,(H,25,31)(H,26,30)/t16-/m0/s1. The highest BCUT2D eigenvalue weighted by molar-refractivity contribution is 7.99. The number of nitrogens with zero attached hydrogens (tertiary/aromatic N) is 3. The van der Waals surface area contributed by atoms with Gasteiger partial charge in [0.15, 0.2) is 11.0 Å². The Bertz CT molecular complexity index is 1100. The summed E-state index contributed by atoms with van der Waals surface area (Å²) >= 11 is 1.29. The second kappa shape index (κ2) is 12.1. The highest BCUT2D eigenvalue weighted by Crippen LogP contribution is 2.22. The molecule has 0 bridgehead atoms. The van der Waals surface area contributed by atoms with Gasteiger partial charge >= 0.3 is 0 Å². The minimum absolute atomic E-state index is 0.151. The Balaban J connectivity index is 1.58. The molecule has 180 valence electrons. The number of amides is 2. The molecule has 0 aliphatic carbocycles. The predicted molar refractivity (Wildman–Crippen MR) is 132 cm³/mol. The van der Waals surface area contributed by atoms with Gasteiger partial charge in [-0.2, -0.15) is 0 Å². The Morgan fingerprint density at radius 3 is 2.32 bits per heavy atom. The number of ether oxygens (including phenoxy) is 2. The Labute approximate surface area is 203 Å². The van der Waals surface area contributed by atoms with Crippen molar-refractivity contribution in [3.8, 4) is 11.5 Å². The van der Waals surface area contributed by atoms with E-state index >= 15 is 0 Å². The van der Waals surface area contributed by atoms with E-state index in [1.54, 1.807) is 43.5 Å². The topological polar surface area (TPSA) is 107 Å². The zero-order valence-corrected chi connectivity index (χ0v) is 20.5. The monoisotopic (exact) mass is 483 g/mol. The number of carbonyl (C=O) groups is 2. The summed E-state index contributed by atoms with van der Waals surface area (Å²) in [6.45, 7) is 6.93. The number of benzene rings is 2. The largest absolute Gasteiger partial charge is 0.497 e. The van der Waals surface area contributed by atoms with Crippen LogP contribution in [-0.2, 0) is 11.3 Å². The summed E-state index contributed by atoms with van der Waals surface area (Å²) in [5.74, 6) is 1.87. The Hall–Kier alpha value is -3.53. The fourth-order valence-corrected chi connectivity index (χ4v) is 4.05. The third-order valence-corrected chi connectivity index (χ3v) is 5.90. The van der Waals surface area contributed by atoms with Crippen molar-refractivity contribution in [1.82, 2.24) is 20.1 Å². The van der Waals surface area contributed by atoms with E-state index in [0.717, 1.165) is 5.75 Å². The number of carbonyl (C=O) groups excluding carboxylic acids is 2. The molecular formula is C24H29N5O4S. The van der Waals surface area contributed by atoms with E-state index in [9.17, 15) is 9.59 Å². The number of aromatic nitrogens is 3. The second-order valence-electron chi connectivity index (χ2n) is 7.30. The molecule has 0 radical (unpaired) electrons. The smallest absolute Gasteiger partial charge is 0.251 e. The summed E-state index contributed by atoms with van der Waals surface area (Å²) in [4.78, 5) is 25.0. The van der Waals surface area contributed by atoms with Gasteiger partial charge in [-0.1, -0.05) is 11.8 Å². The Kier molecular flexibility index (Phi) is 8.92. The molecule has 0 fully saturated rings. The molecule has 0 aliphatic rings. The molecule has 2 N–H and O–H groups in total. The molecule has 3 aromatic rings. The second-order valence-corrected chi connectivity index (χ2v) is 8.25. The zero-order chi connectivity index (χ0) is 24.5. The Morgan fingerprint density at radius 1 is 1.03 bits per heavy atom. The van der Waals surface area contributed by atoms with E-state index < -0.39 is 0 Å². The lowest BCUT2D eigenvalue weighted by molar-refractivity contribution is -0.113. The number of methoxy groups -OCH3 is 1.